The van der Waals surface area contributed by atoms with Crippen molar-refractivity contribution in [2.24, 2.45) is 5.73 Å². The van der Waals surface area contributed by atoms with Gasteiger partial charge >= 0.3 is 0 Å². The summed E-state index contributed by atoms with van der Waals surface area (Å²) in [6, 6.07) is 3.55. The van der Waals surface area contributed by atoms with Crippen molar-refractivity contribution in [2.45, 2.75) is 37.6 Å². The van der Waals surface area contributed by atoms with Gasteiger partial charge in [-0.05, 0) is 36.6 Å². The molecule has 1 aromatic rings. The smallest absolute Gasteiger partial charge is 0.127 e. The maximum atomic E-state index is 13.6. The number of rotatable bonds is 2. The average Bonchev–Trinajstić information content (AvgIpc) is 2.89. The number of hydrogen-bond acceptors (Lipinski definition) is 1. The molecule has 0 spiro atoms. The van der Waals surface area contributed by atoms with Gasteiger partial charge in [0.15, 0.2) is 0 Å². The van der Waals surface area contributed by atoms with Gasteiger partial charge in [-0.1, -0.05) is 13.8 Å². The molecule has 2 N–H and O–H groups in total. The standard InChI is InChI=1S/C12H15F2N/c1-11(2,12(15)5-6-12)9-7-8(13)3-4-10(9)14/h3-4,7H,5-6,15H2,1-2H3. The van der Waals surface area contributed by atoms with E-state index in [9.17, 15) is 8.78 Å². The summed E-state index contributed by atoms with van der Waals surface area (Å²) in [5.41, 5.74) is 5.58. The zero-order valence-electron chi connectivity index (χ0n) is 8.98. The van der Waals surface area contributed by atoms with Crippen LogP contribution in [0.25, 0.3) is 0 Å². The van der Waals surface area contributed by atoms with Crippen molar-refractivity contribution in [3.63, 3.8) is 0 Å². The van der Waals surface area contributed by atoms with E-state index < -0.39 is 11.2 Å². The molecule has 0 unspecified atom stereocenters. The Morgan fingerprint density at radius 2 is 1.87 bits per heavy atom. The predicted molar refractivity (Wildman–Crippen MR) is 55.5 cm³/mol. The number of benzene rings is 1. The lowest BCUT2D eigenvalue weighted by Gasteiger charge is -2.32. The fourth-order valence-corrected chi connectivity index (χ4v) is 2.00. The van der Waals surface area contributed by atoms with Gasteiger partial charge in [0, 0.05) is 11.0 Å². The third-order valence-electron chi connectivity index (χ3n) is 3.64. The minimum atomic E-state index is -0.515. The highest BCUT2D eigenvalue weighted by Gasteiger charge is 2.52. The van der Waals surface area contributed by atoms with Gasteiger partial charge in [-0.2, -0.15) is 0 Å². The third-order valence-corrected chi connectivity index (χ3v) is 3.64. The lowest BCUT2D eigenvalue weighted by atomic mass is 9.75. The Bertz CT molecular complexity index is 395. The molecule has 0 aromatic heterocycles. The highest BCUT2D eigenvalue weighted by Crippen LogP contribution is 2.49. The van der Waals surface area contributed by atoms with Crippen LogP contribution in [0.3, 0.4) is 0 Å². The van der Waals surface area contributed by atoms with Crippen molar-refractivity contribution >= 4 is 0 Å². The molecule has 1 nitrogen and oxygen atoms in total. The van der Waals surface area contributed by atoms with E-state index in [-0.39, 0.29) is 11.4 Å². The van der Waals surface area contributed by atoms with Crippen LogP contribution in [-0.4, -0.2) is 5.54 Å². The minimum Gasteiger partial charge on any atom is -0.324 e. The molecule has 1 aliphatic rings. The van der Waals surface area contributed by atoms with E-state index in [2.05, 4.69) is 0 Å². The van der Waals surface area contributed by atoms with Crippen molar-refractivity contribution in [3.8, 4) is 0 Å². The van der Waals surface area contributed by atoms with Crippen molar-refractivity contribution in [3.05, 3.63) is 35.4 Å². The molecule has 0 atom stereocenters. The van der Waals surface area contributed by atoms with Crippen molar-refractivity contribution < 1.29 is 8.78 Å². The summed E-state index contributed by atoms with van der Waals surface area (Å²) in [5.74, 6) is -0.790. The van der Waals surface area contributed by atoms with Crippen LogP contribution in [0.5, 0.6) is 0 Å². The van der Waals surface area contributed by atoms with Crippen LogP contribution in [0.1, 0.15) is 32.3 Å². The van der Waals surface area contributed by atoms with Crippen LogP contribution in [-0.2, 0) is 5.41 Å². The first-order valence-electron chi connectivity index (χ1n) is 5.11. The monoisotopic (exact) mass is 211 g/mol. The van der Waals surface area contributed by atoms with Gasteiger partial charge < -0.3 is 5.73 Å². The molecule has 0 heterocycles. The highest BCUT2D eigenvalue weighted by molar-refractivity contribution is 5.34. The average molecular weight is 211 g/mol. The van der Waals surface area contributed by atoms with E-state index in [0.29, 0.717) is 5.56 Å². The quantitative estimate of drug-likeness (QED) is 0.799. The van der Waals surface area contributed by atoms with E-state index in [1.165, 1.54) is 6.07 Å². The van der Waals surface area contributed by atoms with Crippen LogP contribution >= 0.6 is 0 Å². The van der Waals surface area contributed by atoms with Crippen molar-refractivity contribution in [1.29, 1.82) is 0 Å². The minimum absolute atomic E-state index is 0.373. The Morgan fingerprint density at radius 1 is 1.27 bits per heavy atom. The van der Waals surface area contributed by atoms with Gasteiger partial charge in [0.2, 0.25) is 0 Å². The van der Waals surface area contributed by atoms with Crippen molar-refractivity contribution in [1.82, 2.24) is 0 Å². The van der Waals surface area contributed by atoms with Gasteiger partial charge in [-0.25, -0.2) is 8.78 Å². The maximum Gasteiger partial charge on any atom is 0.127 e. The second-order valence-corrected chi connectivity index (χ2v) is 4.91. The van der Waals surface area contributed by atoms with Crippen LogP contribution < -0.4 is 5.73 Å². The molecule has 0 aliphatic heterocycles. The molecular formula is C12H15F2N. The van der Waals surface area contributed by atoms with E-state index in [0.717, 1.165) is 25.0 Å². The summed E-state index contributed by atoms with van der Waals surface area (Å²) in [6.45, 7) is 3.75. The molecule has 3 heteroatoms. The Labute approximate surface area is 88.3 Å². The number of hydrogen-bond donors (Lipinski definition) is 1. The molecule has 1 saturated carbocycles. The largest absolute Gasteiger partial charge is 0.324 e. The van der Waals surface area contributed by atoms with Crippen LogP contribution in [0.2, 0.25) is 0 Å². The second-order valence-electron chi connectivity index (χ2n) is 4.91. The molecule has 1 fully saturated rings. The highest BCUT2D eigenvalue weighted by atomic mass is 19.1. The fourth-order valence-electron chi connectivity index (χ4n) is 2.00. The van der Waals surface area contributed by atoms with Crippen LogP contribution in [0.15, 0.2) is 18.2 Å². The summed E-state index contributed by atoms with van der Waals surface area (Å²) in [4.78, 5) is 0. The lowest BCUT2D eigenvalue weighted by Crippen LogP contribution is -2.43. The first kappa shape index (κ1) is 10.6. The summed E-state index contributed by atoms with van der Waals surface area (Å²) in [7, 11) is 0. The maximum absolute atomic E-state index is 13.6. The Morgan fingerprint density at radius 3 is 2.40 bits per heavy atom. The van der Waals surface area contributed by atoms with Gasteiger partial charge in [0.05, 0.1) is 0 Å². The lowest BCUT2D eigenvalue weighted by molar-refractivity contribution is 0.372. The van der Waals surface area contributed by atoms with Crippen LogP contribution in [0.4, 0.5) is 8.78 Å². The molecule has 1 aromatic carbocycles. The molecule has 82 valence electrons. The summed E-state index contributed by atoms with van der Waals surface area (Å²) < 4.78 is 26.7. The molecule has 0 amide bonds. The number of halogens is 2. The molecule has 15 heavy (non-hydrogen) atoms. The summed E-state index contributed by atoms with van der Waals surface area (Å²) >= 11 is 0. The molecule has 0 radical (unpaired) electrons. The normalized spacial score (nSPS) is 19.0. The van der Waals surface area contributed by atoms with E-state index >= 15 is 0 Å². The third kappa shape index (κ3) is 1.55. The van der Waals surface area contributed by atoms with Gasteiger partial charge in [-0.3, -0.25) is 0 Å². The predicted octanol–water partition coefficient (Wildman–Crippen LogP) is 2.73. The molecule has 2 rings (SSSR count). The zero-order chi connectivity index (χ0) is 11.3. The van der Waals surface area contributed by atoms with Crippen molar-refractivity contribution in [2.75, 3.05) is 0 Å². The fraction of sp³-hybridized carbons (Fsp3) is 0.500. The van der Waals surface area contributed by atoms with Gasteiger partial charge in [0.25, 0.3) is 0 Å². The SMILES string of the molecule is CC(C)(c1cc(F)ccc1F)C1(N)CC1. The van der Waals surface area contributed by atoms with Crippen LogP contribution in [0, 0.1) is 11.6 Å². The topological polar surface area (TPSA) is 26.0 Å². The summed E-state index contributed by atoms with van der Waals surface area (Å²) in [6.07, 6.45) is 1.74. The molecule has 0 saturated heterocycles. The van der Waals surface area contributed by atoms with E-state index in [4.69, 9.17) is 5.73 Å². The first-order chi connectivity index (χ1) is 6.87. The number of nitrogens with two attached hydrogens (primary N) is 1. The van der Waals surface area contributed by atoms with Gasteiger partial charge in [-0.15, -0.1) is 0 Å². The summed E-state index contributed by atoms with van der Waals surface area (Å²) in [5, 5.41) is 0. The molecular weight excluding hydrogens is 196 g/mol. The molecule has 1 aliphatic carbocycles. The Hall–Kier alpha value is -0.960. The van der Waals surface area contributed by atoms with E-state index in [1.54, 1.807) is 0 Å². The second kappa shape index (κ2) is 3.01. The molecule has 0 bridgehead atoms. The Kier molecular flexibility index (Phi) is 2.12. The zero-order valence-corrected chi connectivity index (χ0v) is 8.98. The Balaban J connectivity index is 2.48. The van der Waals surface area contributed by atoms with E-state index in [1.807, 2.05) is 13.8 Å². The van der Waals surface area contributed by atoms with Gasteiger partial charge in [0.1, 0.15) is 11.6 Å². The first-order valence-corrected chi connectivity index (χ1v) is 5.11.